The molecule has 0 bridgehead atoms. The van der Waals surface area contributed by atoms with Crippen molar-refractivity contribution in [2.75, 3.05) is 16.6 Å². The molecule has 0 saturated heterocycles. The highest BCUT2D eigenvalue weighted by atomic mass is 32.2. The van der Waals surface area contributed by atoms with Crippen LogP contribution in [-0.4, -0.2) is 35.5 Å². The minimum Gasteiger partial charge on any atom is -0.268 e. The third-order valence-corrected chi connectivity index (χ3v) is 8.25. The standard InChI is InChI=1S/C22H17N5O2S2/c1-26-20-10-16(4-5-17(20)12-25-26)19-13-24-14-21-22(19)30-9-8-27(21)31(28,29)18-6-2-15(11-23)3-7-18/h2-7,10,12-14H,8-9H2,1H3. The smallest absolute Gasteiger partial charge is 0.264 e. The molecule has 2 aromatic carbocycles. The molecule has 0 spiro atoms. The zero-order valence-electron chi connectivity index (χ0n) is 16.6. The van der Waals surface area contributed by atoms with Crippen LogP contribution in [0, 0.1) is 11.3 Å². The van der Waals surface area contributed by atoms with E-state index in [0.29, 0.717) is 23.5 Å². The first-order valence-electron chi connectivity index (χ1n) is 9.55. The van der Waals surface area contributed by atoms with E-state index in [1.54, 1.807) is 24.2 Å². The molecule has 2 aromatic heterocycles. The van der Waals surface area contributed by atoms with E-state index >= 15 is 0 Å². The van der Waals surface area contributed by atoms with E-state index in [2.05, 4.69) is 10.1 Å². The van der Waals surface area contributed by atoms with Crippen molar-refractivity contribution in [3.05, 3.63) is 66.6 Å². The Balaban J connectivity index is 1.61. The highest BCUT2D eigenvalue weighted by Gasteiger charge is 2.31. The number of aromatic nitrogens is 3. The summed E-state index contributed by atoms with van der Waals surface area (Å²) in [6.45, 7) is 0.353. The second-order valence-corrected chi connectivity index (χ2v) is 10.1. The molecule has 154 valence electrons. The van der Waals surface area contributed by atoms with Gasteiger partial charge in [0, 0.05) is 41.4 Å². The summed E-state index contributed by atoms with van der Waals surface area (Å²) in [5, 5.41) is 14.3. The molecule has 0 radical (unpaired) electrons. The summed E-state index contributed by atoms with van der Waals surface area (Å²) in [5.74, 6) is 0.632. The van der Waals surface area contributed by atoms with Crippen molar-refractivity contribution in [3.8, 4) is 17.2 Å². The number of aryl methyl sites for hydroxylation is 1. The molecule has 31 heavy (non-hydrogen) atoms. The van der Waals surface area contributed by atoms with E-state index in [-0.39, 0.29) is 4.90 Å². The highest BCUT2D eigenvalue weighted by molar-refractivity contribution is 8.00. The Morgan fingerprint density at radius 3 is 2.68 bits per heavy atom. The SMILES string of the molecule is Cn1ncc2ccc(-c3cncc4c3SCCN4S(=O)(=O)c3ccc(C#N)cc3)cc21. The maximum atomic E-state index is 13.4. The van der Waals surface area contributed by atoms with Crippen LogP contribution in [0.3, 0.4) is 0 Å². The number of fused-ring (bicyclic) bond motifs is 2. The van der Waals surface area contributed by atoms with Crippen molar-refractivity contribution in [2.45, 2.75) is 9.79 Å². The lowest BCUT2D eigenvalue weighted by Crippen LogP contribution is -2.35. The number of nitrogens with zero attached hydrogens (tertiary/aromatic N) is 5. The number of thioether (sulfide) groups is 1. The number of hydrogen-bond acceptors (Lipinski definition) is 6. The lowest BCUT2D eigenvalue weighted by atomic mass is 10.1. The first-order valence-corrected chi connectivity index (χ1v) is 12.0. The molecule has 0 amide bonds. The van der Waals surface area contributed by atoms with Crippen molar-refractivity contribution in [3.63, 3.8) is 0 Å². The molecule has 1 aliphatic heterocycles. The summed E-state index contributed by atoms with van der Waals surface area (Å²) in [6, 6.07) is 14.1. The van der Waals surface area contributed by atoms with Crippen LogP contribution < -0.4 is 4.31 Å². The van der Waals surface area contributed by atoms with Gasteiger partial charge in [0.2, 0.25) is 0 Å². The van der Waals surface area contributed by atoms with Gasteiger partial charge in [0.25, 0.3) is 10.0 Å². The van der Waals surface area contributed by atoms with Crippen LogP contribution in [0.4, 0.5) is 5.69 Å². The highest BCUT2D eigenvalue weighted by Crippen LogP contribution is 2.43. The van der Waals surface area contributed by atoms with Crippen LogP contribution in [0.5, 0.6) is 0 Å². The minimum atomic E-state index is -3.78. The molecule has 0 N–H and O–H groups in total. The predicted molar refractivity (Wildman–Crippen MR) is 120 cm³/mol. The number of sulfonamides is 1. The fourth-order valence-electron chi connectivity index (χ4n) is 3.71. The Bertz CT molecular complexity index is 1450. The van der Waals surface area contributed by atoms with Gasteiger partial charge in [-0.2, -0.15) is 10.4 Å². The number of hydrogen-bond donors (Lipinski definition) is 0. The van der Waals surface area contributed by atoms with Gasteiger partial charge in [-0.1, -0.05) is 12.1 Å². The molecule has 5 rings (SSSR count). The van der Waals surface area contributed by atoms with Gasteiger partial charge in [-0.25, -0.2) is 8.42 Å². The average molecular weight is 448 g/mol. The lowest BCUT2D eigenvalue weighted by molar-refractivity contribution is 0.591. The largest absolute Gasteiger partial charge is 0.268 e. The molecule has 0 atom stereocenters. The maximum Gasteiger partial charge on any atom is 0.264 e. The normalized spacial score (nSPS) is 13.7. The van der Waals surface area contributed by atoms with E-state index in [1.165, 1.54) is 28.6 Å². The maximum absolute atomic E-state index is 13.4. The van der Waals surface area contributed by atoms with Crippen molar-refractivity contribution in [1.29, 1.82) is 5.26 Å². The molecule has 0 saturated carbocycles. The molecule has 9 heteroatoms. The summed E-state index contributed by atoms with van der Waals surface area (Å²) in [6.07, 6.45) is 5.20. The van der Waals surface area contributed by atoms with E-state index in [9.17, 15) is 8.42 Å². The first kappa shape index (κ1) is 19.6. The Hall–Kier alpha value is -3.35. The van der Waals surface area contributed by atoms with Crippen molar-refractivity contribution in [2.24, 2.45) is 7.05 Å². The third-order valence-electron chi connectivity index (χ3n) is 5.32. The van der Waals surface area contributed by atoms with E-state index in [4.69, 9.17) is 5.26 Å². The van der Waals surface area contributed by atoms with Crippen molar-refractivity contribution >= 4 is 38.4 Å². The molecular weight excluding hydrogens is 430 g/mol. The number of pyridine rings is 1. The topological polar surface area (TPSA) is 91.9 Å². The summed E-state index contributed by atoms with van der Waals surface area (Å²) in [4.78, 5) is 5.41. The Morgan fingerprint density at radius 2 is 1.90 bits per heavy atom. The van der Waals surface area contributed by atoms with Crippen LogP contribution in [-0.2, 0) is 17.1 Å². The van der Waals surface area contributed by atoms with E-state index in [1.807, 2.05) is 42.2 Å². The Labute approximate surface area is 184 Å². The second-order valence-electron chi connectivity index (χ2n) is 7.14. The number of anilines is 1. The molecule has 7 nitrogen and oxygen atoms in total. The number of rotatable bonds is 3. The van der Waals surface area contributed by atoms with Crippen LogP contribution in [0.1, 0.15) is 5.56 Å². The van der Waals surface area contributed by atoms with Gasteiger partial charge < -0.3 is 0 Å². The molecular formula is C22H17N5O2S2. The molecule has 0 aliphatic carbocycles. The van der Waals surface area contributed by atoms with Crippen LogP contribution in [0.2, 0.25) is 0 Å². The molecule has 3 heterocycles. The minimum absolute atomic E-state index is 0.158. The van der Waals surface area contributed by atoms with E-state index < -0.39 is 10.0 Å². The van der Waals surface area contributed by atoms with E-state index in [0.717, 1.165) is 26.9 Å². The van der Waals surface area contributed by atoms with Gasteiger partial charge >= 0.3 is 0 Å². The summed E-state index contributed by atoms with van der Waals surface area (Å²) in [5.41, 5.74) is 3.85. The summed E-state index contributed by atoms with van der Waals surface area (Å²) in [7, 11) is -1.88. The molecule has 1 aliphatic rings. The van der Waals surface area contributed by atoms with Crippen LogP contribution in [0.25, 0.3) is 22.0 Å². The van der Waals surface area contributed by atoms with Gasteiger partial charge in [-0.3, -0.25) is 14.0 Å². The third kappa shape index (κ3) is 3.24. The quantitative estimate of drug-likeness (QED) is 0.474. The van der Waals surface area contributed by atoms with Gasteiger partial charge in [-0.05, 0) is 35.9 Å². The second kappa shape index (κ2) is 7.41. The zero-order chi connectivity index (χ0) is 21.6. The van der Waals surface area contributed by atoms with Crippen LogP contribution in [0.15, 0.2) is 70.8 Å². The van der Waals surface area contributed by atoms with Gasteiger partial charge in [0.1, 0.15) is 0 Å². The van der Waals surface area contributed by atoms with Gasteiger partial charge in [0.05, 0.1) is 40.1 Å². The zero-order valence-corrected chi connectivity index (χ0v) is 18.2. The van der Waals surface area contributed by atoms with Crippen molar-refractivity contribution < 1.29 is 8.42 Å². The monoisotopic (exact) mass is 447 g/mol. The Morgan fingerprint density at radius 1 is 1.10 bits per heavy atom. The Kier molecular flexibility index (Phi) is 4.68. The summed E-state index contributed by atoms with van der Waals surface area (Å²) < 4.78 is 30.0. The van der Waals surface area contributed by atoms with Crippen molar-refractivity contribution in [1.82, 2.24) is 14.8 Å². The van der Waals surface area contributed by atoms with Crippen LogP contribution >= 0.6 is 11.8 Å². The first-order chi connectivity index (χ1) is 15.0. The fraction of sp³-hybridized carbons (Fsp3) is 0.136. The molecule has 4 aromatic rings. The molecule has 0 fully saturated rings. The number of nitriles is 1. The average Bonchev–Trinajstić information content (AvgIpc) is 3.18. The lowest BCUT2D eigenvalue weighted by Gasteiger charge is -2.30. The summed E-state index contributed by atoms with van der Waals surface area (Å²) >= 11 is 1.63. The predicted octanol–water partition coefficient (Wildman–Crippen LogP) is 3.81. The van der Waals surface area contributed by atoms with Gasteiger partial charge in [-0.15, -0.1) is 11.8 Å². The fourth-order valence-corrected chi connectivity index (χ4v) is 6.47. The molecule has 0 unspecified atom stereocenters. The number of benzene rings is 2. The van der Waals surface area contributed by atoms with Gasteiger partial charge in [0.15, 0.2) is 0 Å².